The molecule has 0 aliphatic carbocycles. The van der Waals surface area contributed by atoms with E-state index in [0.717, 1.165) is 19.4 Å². The highest BCUT2D eigenvalue weighted by Crippen LogP contribution is 2.29. The quantitative estimate of drug-likeness (QED) is 0.561. The number of rotatable bonds is 7. The molecule has 24 heavy (non-hydrogen) atoms. The fraction of sp³-hybridized carbons (Fsp3) is 0.600. The van der Waals surface area contributed by atoms with Gasteiger partial charge in [0.2, 0.25) is 10.0 Å². The lowest BCUT2D eigenvalue weighted by Crippen LogP contribution is -2.53. The minimum absolute atomic E-state index is 0.119. The van der Waals surface area contributed by atoms with Crippen LogP contribution < -0.4 is 10.0 Å². The highest BCUT2D eigenvalue weighted by Gasteiger charge is 2.36. The summed E-state index contributed by atoms with van der Waals surface area (Å²) in [4.78, 5) is 10.3. The first kappa shape index (κ1) is 18.8. The number of hydrogen-bond donors (Lipinski definition) is 2. The second-order valence-electron chi connectivity index (χ2n) is 6.18. The number of aryl methyl sites for hydroxylation is 1. The molecule has 1 fully saturated rings. The zero-order valence-corrected chi connectivity index (χ0v) is 14.9. The van der Waals surface area contributed by atoms with Crippen LogP contribution in [0.4, 0.5) is 5.69 Å². The molecular weight excluding hydrogens is 334 g/mol. The maximum Gasteiger partial charge on any atom is 0.289 e. The summed E-state index contributed by atoms with van der Waals surface area (Å²) < 4.78 is 33.2. The number of sulfonamides is 1. The molecule has 134 valence electrons. The molecule has 0 bridgehead atoms. The molecule has 1 aromatic rings. The lowest BCUT2D eigenvalue weighted by atomic mass is 9.99. The van der Waals surface area contributed by atoms with Crippen LogP contribution in [0.3, 0.4) is 0 Å². The van der Waals surface area contributed by atoms with Crippen LogP contribution in [-0.4, -0.2) is 45.7 Å². The molecule has 0 saturated carbocycles. The van der Waals surface area contributed by atoms with Gasteiger partial charge in [0.1, 0.15) is 0 Å². The topological polar surface area (TPSA) is 111 Å². The smallest absolute Gasteiger partial charge is 0.289 e. The van der Waals surface area contributed by atoms with E-state index in [1.54, 1.807) is 27.0 Å². The van der Waals surface area contributed by atoms with Gasteiger partial charge in [0.15, 0.2) is 4.90 Å². The van der Waals surface area contributed by atoms with E-state index in [1.807, 2.05) is 0 Å². The highest BCUT2D eigenvalue weighted by molar-refractivity contribution is 7.89. The van der Waals surface area contributed by atoms with Crippen LogP contribution in [-0.2, 0) is 14.8 Å². The molecule has 0 spiro atoms. The van der Waals surface area contributed by atoms with Crippen molar-refractivity contribution in [2.75, 3.05) is 26.8 Å². The Labute approximate surface area is 141 Å². The molecule has 2 rings (SSSR count). The summed E-state index contributed by atoms with van der Waals surface area (Å²) in [5.41, 5.74) is 0.183. The largest absolute Gasteiger partial charge is 0.383 e. The van der Waals surface area contributed by atoms with Gasteiger partial charge in [0.25, 0.3) is 5.69 Å². The molecule has 8 nitrogen and oxygen atoms in total. The third kappa shape index (κ3) is 3.75. The molecule has 2 N–H and O–H groups in total. The van der Waals surface area contributed by atoms with Crippen LogP contribution in [0.1, 0.15) is 24.0 Å². The second-order valence-corrected chi connectivity index (χ2v) is 7.88. The molecule has 1 heterocycles. The Hall–Kier alpha value is -1.55. The summed E-state index contributed by atoms with van der Waals surface area (Å²) in [5.74, 6) is 0. The second kappa shape index (κ2) is 7.14. The van der Waals surface area contributed by atoms with E-state index in [9.17, 15) is 18.5 Å². The summed E-state index contributed by atoms with van der Waals surface area (Å²) >= 11 is 0. The minimum atomic E-state index is -4.02. The Kier molecular flexibility index (Phi) is 5.59. The Balaban J connectivity index is 2.34. The summed E-state index contributed by atoms with van der Waals surface area (Å²) in [6.07, 6.45) is 1.70. The molecule has 9 heteroatoms. The lowest BCUT2D eigenvalue weighted by Gasteiger charge is -2.29. The monoisotopic (exact) mass is 357 g/mol. The van der Waals surface area contributed by atoms with Gasteiger partial charge in [-0.15, -0.1) is 0 Å². The third-order valence-electron chi connectivity index (χ3n) is 4.47. The van der Waals surface area contributed by atoms with E-state index in [4.69, 9.17) is 4.74 Å². The summed E-state index contributed by atoms with van der Waals surface area (Å²) in [5, 5.41) is 14.5. The van der Waals surface area contributed by atoms with Crippen molar-refractivity contribution in [1.29, 1.82) is 0 Å². The van der Waals surface area contributed by atoms with Crippen molar-refractivity contribution < 1.29 is 18.1 Å². The van der Waals surface area contributed by atoms with Crippen LogP contribution in [0.15, 0.2) is 17.0 Å². The average molecular weight is 357 g/mol. The molecule has 1 atom stereocenters. The van der Waals surface area contributed by atoms with Crippen molar-refractivity contribution in [3.05, 3.63) is 33.4 Å². The number of hydrogen-bond acceptors (Lipinski definition) is 6. The Morgan fingerprint density at radius 2 is 2.12 bits per heavy atom. The van der Waals surface area contributed by atoms with Gasteiger partial charge < -0.3 is 10.1 Å². The zero-order chi connectivity index (χ0) is 18.0. The van der Waals surface area contributed by atoms with E-state index in [-0.39, 0.29) is 11.4 Å². The number of ether oxygens (including phenoxy) is 1. The summed E-state index contributed by atoms with van der Waals surface area (Å²) in [6.45, 7) is 4.57. The molecule has 1 saturated heterocycles. The Morgan fingerprint density at radius 1 is 1.42 bits per heavy atom. The van der Waals surface area contributed by atoms with E-state index < -0.39 is 26.2 Å². The third-order valence-corrected chi connectivity index (χ3v) is 6.05. The number of nitro benzene ring substituents is 1. The molecular formula is C15H23N3O5S. The fourth-order valence-corrected chi connectivity index (χ4v) is 4.63. The van der Waals surface area contributed by atoms with Crippen LogP contribution >= 0.6 is 0 Å². The standard InChI is InChI=1S/C15H23N3O5S/c1-11-5-6-13(18(19)20)14(12(11)2)24(21,22)17-9-15(10-23-3)7-4-8-16-15/h5-6,16-17H,4,7-10H2,1-3H3. The van der Waals surface area contributed by atoms with Crippen molar-refractivity contribution in [2.24, 2.45) is 0 Å². The van der Waals surface area contributed by atoms with Crippen LogP contribution in [0, 0.1) is 24.0 Å². The van der Waals surface area contributed by atoms with E-state index in [1.165, 1.54) is 6.07 Å². The number of nitrogens with one attached hydrogen (secondary N) is 2. The fourth-order valence-electron chi connectivity index (χ4n) is 3.03. The SMILES string of the molecule is COCC1(CNS(=O)(=O)c2c([N+](=O)[O-])ccc(C)c2C)CCCN1. The molecule has 1 unspecified atom stereocenters. The molecule has 1 aromatic carbocycles. The average Bonchev–Trinajstić information content (AvgIpc) is 2.97. The number of nitro groups is 1. The maximum absolute atomic E-state index is 12.7. The maximum atomic E-state index is 12.7. The lowest BCUT2D eigenvalue weighted by molar-refractivity contribution is -0.387. The molecule has 0 aromatic heterocycles. The van der Waals surface area contributed by atoms with Gasteiger partial charge in [-0.3, -0.25) is 10.1 Å². The van der Waals surface area contributed by atoms with Gasteiger partial charge in [-0.25, -0.2) is 13.1 Å². The van der Waals surface area contributed by atoms with Crippen LogP contribution in [0.25, 0.3) is 0 Å². The van der Waals surface area contributed by atoms with Gasteiger partial charge in [-0.05, 0) is 44.4 Å². The van der Waals surface area contributed by atoms with Crippen LogP contribution in [0.2, 0.25) is 0 Å². The Bertz CT molecular complexity index is 727. The zero-order valence-electron chi connectivity index (χ0n) is 14.1. The van der Waals surface area contributed by atoms with Crippen molar-refractivity contribution in [3.8, 4) is 0 Å². The predicted octanol–water partition coefficient (Wildman–Crippen LogP) is 1.26. The normalized spacial score (nSPS) is 21.1. The van der Waals surface area contributed by atoms with E-state index in [0.29, 0.717) is 17.7 Å². The van der Waals surface area contributed by atoms with Gasteiger partial charge in [0.05, 0.1) is 17.1 Å². The van der Waals surface area contributed by atoms with Crippen molar-refractivity contribution in [1.82, 2.24) is 10.0 Å². The van der Waals surface area contributed by atoms with Gasteiger partial charge in [-0.1, -0.05) is 6.07 Å². The number of nitrogens with zero attached hydrogens (tertiary/aromatic N) is 1. The van der Waals surface area contributed by atoms with Crippen molar-refractivity contribution >= 4 is 15.7 Å². The number of methoxy groups -OCH3 is 1. The number of benzene rings is 1. The Morgan fingerprint density at radius 3 is 2.67 bits per heavy atom. The predicted molar refractivity (Wildman–Crippen MR) is 89.6 cm³/mol. The van der Waals surface area contributed by atoms with Gasteiger partial charge in [-0.2, -0.15) is 0 Å². The summed E-state index contributed by atoms with van der Waals surface area (Å²) in [7, 11) is -2.46. The van der Waals surface area contributed by atoms with Crippen LogP contribution in [0.5, 0.6) is 0 Å². The van der Waals surface area contributed by atoms with E-state index >= 15 is 0 Å². The van der Waals surface area contributed by atoms with Crippen molar-refractivity contribution in [2.45, 2.75) is 37.1 Å². The van der Waals surface area contributed by atoms with Gasteiger partial charge >= 0.3 is 0 Å². The molecule has 0 amide bonds. The van der Waals surface area contributed by atoms with Gasteiger partial charge in [0, 0.05) is 19.7 Å². The first-order valence-electron chi connectivity index (χ1n) is 7.71. The first-order chi connectivity index (χ1) is 11.2. The highest BCUT2D eigenvalue weighted by atomic mass is 32.2. The molecule has 1 aliphatic rings. The van der Waals surface area contributed by atoms with Crippen molar-refractivity contribution in [3.63, 3.8) is 0 Å². The minimum Gasteiger partial charge on any atom is -0.383 e. The van der Waals surface area contributed by atoms with E-state index in [2.05, 4.69) is 10.0 Å². The molecule has 1 aliphatic heterocycles. The molecule has 0 radical (unpaired) electrons. The first-order valence-corrected chi connectivity index (χ1v) is 9.19. The summed E-state index contributed by atoms with van der Waals surface area (Å²) in [6, 6.07) is 2.78.